The maximum Gasteiger partial charge on any atom is 0.353 e. The van der Waals surface area contributed by atoms with Gasteiger partial charge in [-0.1, -0.05) is 11.6 Å². The van der Waals surface area contributed by atoms with E-state index in [2.05, 4.69) is 10.2 Å². The van der Waals surface area contributed by atoms with Crippen LogP contribution in [0.3, 0.4) is 0 Å². The average molecular weight is 281 g/mol. The van der Waals surface area contributed by atoms with Crippen molar-refractivity contribution >= 4 is 17.6 Å². The highest BCUT2D eigenvalue weighted by molar-refractivity contribution is 6.33. The first-order valence-corrected chi connectivity index (χ1v) is 5.85. The van der Waals surface area contributed by atoms with E-state index in [0.29, 0.717) is 28.6 Å². The van der Waals surface area contributed by atoms with Crippen LogP contribution in [0.25, 0.3) is 11.3 Å². The Bertz CT molecular complexity index is 653. The van der Waals surface area contributed by atoms with E-state index >= 15 is 0 Å². The summed E-state index contributed by atoms with van der Waals surface area (Å²) in [4.78, 5) is 10.8. The quantitative estimate of drug-likeness (QED) is 0.882. The minimum Gasteiger partial charge on any atom is -0.477 e. The van der Waals surface area contributed by atoms with E-state index < -0.39 is 5.97 Å². The van der Waals surface area contributed by atoms with Gasteiger partial charge in [-0.3, -0.25) is 5.10 Å². The zero-order chi connectivity index (χ0) is 13.4. The molecule has 0 aliphatic carbocycles. The molecule has 0 unspecified atom stereocenters. The Morgan fingerprint density at radius 2 is 2.26 bits per heavy atom. The molecule has 0 bridgehead atoms. The Morgan fingerprint density at radius 3 is 3.00 bits per heavy atom. The Kier molecular flexibility index (Phi) is 2.88. The topological polar surface area (TPSA) is 84.4 Å². The first kappa shape index (κ1) is 12.0. The molecule has 2 heterocycles. The number of halogens is 1. The Hall–Kier alpha value is -2.05. The van der Waals surface area contributed by atoms with Gasteiger partial charge >= 0.3 is 5.97 Å². The van der Waals surface area contributed by atoms with E-state index in [1.165, 1.54) is 6.07 Å². The van der Waals surface area contributed by atoms with Crippen molar-refractivity contribution in [2.45, 2.75) is 6.61 Å². The lowest BCUT2D eigenvalue weighted by atomic mass is 10.1. The van der Waals surface area contributed by atoms with Gasteiger partial charge in [-0.15, -0.1) is 0 Å². The van der Waals surface area contributed by atoms with Gasteiger partial charge < -0.3 is 14.6 Å². The number of carboxylic acids is 1. The molecular weight excluding hydrogens is 272 g/mol. The molecule has 6 nitrogen and oxygen atoms in total. The van der Waals surface area contributed by atoms with Crippen LogP contribution < -0.4 is 4.74 Å². The Labute approximate surface area is 112 Å². The zero-order valence-corrected chi connectivity index (χ0v) is 10.4. The van der Waals surface area contributed by atoms with Crippen molar-refractivity contribution in [1.82, 2.24) is 10.2 Å². The summed E-state index contributed by atoms with van der Waals surface area (Å²) in [6, 6.07) is 4.90. The second kappa shape index (κ2) is 4.56. The number of benzene rings is 1. The summed E-state index contributed by atoms with van der Waals surface area (Å²) in [5, 5.41) is 15.7. The third kappa shape index (κ3) is 2.16. The molecule has 0 spiro atoms. The molecule has 7 heteroatoms. The number of nitrogens with one attached hydrogen (secondary N) is 1. The largest absolute Gasteiger partial charge is 0.477 e. The molecule has 0 fully saturated rings. The van der Waals surface area contributed by atoms with Crippen molar-refractivity contribution in [1.29, 1.82) is 0 Å². The minimum absolute atomic E-state index is 0.00744. The number of hydrogen-bond acceptors (Lipinski definition) is 4. The summed E-state index contributed by atoms with van der Waals surface area (Å²) in [6.45, 7) is 0.630. The number of rotatable bonds is 2. The van der Waals surface area contributed by atoms with Gasteiger partial charge in [0, 0.05) is 11.1 Å². The number of carbonyl (C=O) groups is 1. The molecule has 1 aromatic heterocycles. The van der Waals surface area contributed by atoms with Crippen LogP contribution in [0.1, 0.15) is 16.1 Å². The summed E-state index contributed by atoms with van der Waals surface area (Å²) in [6.07, 6.45) is 0. The van der Waals surface area contributed by atoms with Crippen LogP contribution in [0.5, 0.6) is 5.75 Å². The highest BCUT2D eigenvalue weighted by atomic mass is 35.5. The number of ether oxygens (including phenoxy) is 2. The number of aromatic carboxylic acids is 1. The lowest BCUT2D eigenvalue weighted by Gasteiger charge is -2.18. The Balaban J connectivity index is 2.06. The molecular formula is C12H9ClN2O4. The van der Waals surface area contributed by atoms with E-state index in [0.717, 1.165) is 5.56 Å². The van der Waals surface area contributed by atoms with Gasteiger partial charge in [0.2, 0.25) is 0 Å². The van der Waals surface area contributed by atoms with Crippen molar-refractivity contribution < 1.29 is 19.4 Å². The van der Waals surface area contributed by atoms with Gasteiger partial charge in [0.25, 0.3) is 0 Å². The summed E-state index contributed by atoms with van der Waals surface area (Å²) >= 11 is 6.17. The second-order valence-electron chi connectivity index (χ2n) is 4.02. The lowest BCUT2D eigenvalue weighted by Crippen LogP contribution is -2.11. The first-order valence-electron chi connectivity index (χ1n) is 5.47. The van der Waals surface area contributed by atoms with Crippen LogP contribution in [0.4, 0.5) is 0 Å². The maximum atomic E-state index is 10.8. The first-order chi connectivity index (χ1) is 9.15. The number of nitrogens with zero attached hydrogens (tertiary/aromatic N) is 1. The zero-order valence-electron chi connectivity index (χ0n) is 9.64. The molecule has 0 amide bonds. The normalized spacial score (nSPS) is 13.7. The van der Waals surface area contributed by atoms with E-state index in [-0.39, 0.29) is 12.5 Å². The number of aromatic amines is 1. The minimum atomic E-state index is -1.07. The van der Waals surface area contributed by atoms with Crippen molar-refractivity contribution in [3.63, 3.8) is 0 Å². The third-order valence-corrected chi connectivity index (χ3v) is 3.10. The molecule has 98 valence electrons. The molecule has 0 saturated carbocycles. The molecule has 0 saturated heterocycles. The molecule has 2 N–H and O–H groups in total. The number of carboxylic acid groups (broad SMARTS) is 1. The van der Waals surface area contributed by atoms with E-state index in [1.54, 1.807) is 12.1 Å². The van der Waals surface area contributed by atoms with Gasteiger partial charge in [0.1, 0.15) is 11.4 Å². The molecule has 1 aliphatic heterocycles. The summed E-state index contributed by atoms with van der Waals surface area (Å²) < 4.78 is 10.5. The standard InChI is InChI=1S/C12H9ClN2O4/c13-8-1-6-4-18-5-19-11(6)2-7(8)9-3-10(12(16)17)15-14-9/h1-3H,4-5H2,(H,14,15)(H,16,17). The van der Waals surface area contributed by atoms with Gasteiger partial charge in [-0.2, -0.15) is 5.10 Å². The highest BCUT2D eigenvalue weighted by Crippen LogP contribution is 2.35. The smallest absolute Gasteiger partial charge is 0.353 e. The number of aromatic nitrogens is 2. The second-order valence-corrected chi connectivity index (χ2v) is 4.43. The SMILES string of the molecule is O=C(O)c1cc(-c2cc3c(cc2Cl)COCO3)n[nH]1. The van der Waals surface area contributed by atoms with Crippen LogP contribution in [-0.4, -0.2) is 28.1 Å². The van der Waals surface area contributed by atoms with Gasteiger partial charge in [-0.25, -0.2) is 4.79 Å². The van der Waals surface area contributed by atoms with Crippen LogP contribution in [0.15, 0.2) is 18.2 Å². The number of fused-ring (bicyclic) bond motifs is 1. The predicted molar refractivity (Wildman–Crippen MR) is 66.3 cm³/mol. The van der Waals surface area contributed by atoms with Crippen molar-refractivity contribution in [2.75, 3.05) is 6.79 Å². The molecule has 1 aliphatic rings. The van der Waals surface area contributed by atoms with E-state index in [9.17, 15) is 4.79 Å². The molecule has 3 rings (SSSR count). The summed E-state index contributed by atoms with van der Waals surface area (Å²) in [5.41, 5.74) is 1.94. The fourth-order valence-corrected chi connectivity index (χ4v) is 2.15. The summed E-state index contributed by atoms with van der Waals surface area (Å²) in [7, 11) is 0. The molecule has 19 heavy (non-hydrogen) atoms. The van der Waals surface area contributed by atoms with Gasteiger partial charge in [-0.05, 0) is 18.2 Å². The van der Waals surface area contributed by atoms with Crippen molar-refractivity contribution in [2.24, 2.45) is 0 Å². The summed E-state index contributed by atoms with van der Waals surface area (Å²) in [5.74, 6) is -0.400. The van der Waals surface area contributed by atoms with E-state index in [1.807, 2.05) is 0 Å². The fraction of sp³-hybridized carbons (Fsp3) is 0.167. The van der Waals surface area contributed by atoms with Gasteiger partial charge in [0.15, 0.2) is 6.79 Å². The predicted octanol–water partition coefficient (Wildman–Crippen LogP) is 2.29. The average Bonchev–Trinajstić information content (AvgIpc) is 2.87. The number of hydrogen-bond donors (Lipinski definition) is 2. The number of H-pyrrole nitrogens is 1. The fourth-order valence-electron chi connectivity index (χ4n) is 1.86. The van der Waals surface area contributed by atoms with Crippen molar-refractivity contribution in [3.8, 4) is 17.0 Å². The van der Waals surface area contributed by atoms with Crippen molar-refractivity contribution in [3.05, 3.63) is 34.5 Å². The molecule has 0 radical (unpaired) electrons. The van der Waals surface area contributed by atoms with Crippen LogP contribution in [0, 0.1) is 0 Å². The van der Waals surface area contributed by atoms with Crippen LogP contribution in [0.2, 0.25) is 5.02 Å². The Morgan fingerprint density at radius 1 is 1.42 bits per heavy atom. The maximum absolute atomic E-state index is 10.8. The third-order valence-electron chi connectivity index (χ3n) is 2.79. The van der Waals surface area contributed by atoms with Crippen LogP contribution in [-0.2, 0) is 11.3 Å². The lowest BCUT2D eigenvalue weighted by molar-refractivity contribution is -0.0163. The van der Waals surface area contributed by atoms with E-state index in [4.69, 9.17) is 26.2 Å². The molecule has 1 aromatic carbocycles. The van der Waals surface area contributed by atoms with Crippen LogP contribution >= 0.6 is 11.6 Å². The molecule has 2 aromatic rings. The van der Waals surface area contributed by atoms with Gasteiger partial charge in [0.05, 0.1) is 17.3 Å². The highest BCUT2D eigenvalue weighted by Gasteiger charge is 2.17. The monoisotopic (exact) mass is 280 g/mol. The molecule has 0 atom stereocenters.